The van der Waals surface area contributed by atoms with Gasteiger partial charge in [-0.25, -0.2) is 0 Å². The van der Waals surface area contributed by atoms with E-state index >= 15 is 0 Å². The predicted octanol–water partition coefficient (Wildman–Crippen LogP) is -0.244. The quantitative estimate of drug-likeness (QED) is 0.664. The van der Waals surface area contributed by atoms with Crippen LogP contribution in [-0.2, 0) is 11.3 Å². The van der Waals surface area contributed by atoms with Crippen molar-refractivity contribution in [1.82, 2.24) is 10.9 Å². The Morgan fingerprint density at radius 2 is 1.86 bits per heavy atom. The number of hydrazine groups is 1. The Bertz CT molecular complexity index is 581. The Labute approximate surface area is 122 Å². The van der Waals surface area contributed by atoms with Crippen LogP contribution >= 0.6 is 0 Å². The van der Waals surface area contributed by atoms with E-state index in [1.807, 2.05) is 37.4 Å². The van der Waals surface area contributed by atoms with Crippen LogP contribution in [0.4, 0.5) is 0 Å². The number of quaternary nitrogens is 1. The van der Waals surface area contributed by atoms with E-state index in [4.69, 9.17) is 4.42 Å². The number of benzene rings is 1. The third-order valence-corrected chi connectivity index (χ3v) is 2.87. The van der Waals surface area contributed by atoms with Crippen molar-refractivity contribution in [2.75, 3.05) is 13.6 Å². The van der Waals surface area contributed by atoms with Crippen LogP contribution in [0.2, 0.25) is 0 Å². The molecule has 1 atom stereocenters. The highest BCUT2D eigenvalue weighted by atomic mass is 16.3. The SMILES string of the molecule is C[NH+](CC(=O)NNC(=O)c1ccco1)Cc1ccccc1. The Kier molecular flexibility index (Phi) is 5.11. The number of carbonyl (C=O) groups excluding carboxylic acids is 2. The van der Waals surface area contributed by atoms with Gasteiger partial charge in [0.25, 0.3) is 5.91 Å². The molecule has 0 bridgehead atoms. The molecule has 110 valence electrons. The Hall–Kier alpha value is -2.60. The van der Waals surface area contributed by atoms with Crippen LogP contribution in [0.25, 0.3) is 0 Å². The molecule has 0 aliphatic heterocycles. The molecule has 1 aromatic carbocycles. The summed E-state index contributed by atoms with van der Waals surface area (Å²) in [6, 6.07) is 13.0. The van der Waals surface area contributed by atoms with Crippen molar-refractivity contribution in [3.8, 4) is 0 Å². The molecule has 2 aromatic rings. The molecule has 0 aliphatic carbocycles. The van der Waals surface area contributed by atoms with Gasteiger partial charge in [-0.15, -0.1) is 0 Å². The third-order valence-electron chi connectivity index (χ3n) is 2.87. The fraction of sp³-hybridized carbons (Fsp3) is 0.200. The molecule has 2 amide bonds. The minimum absolute atomic E-state index is 0.153. The van der Waals surface area contributed by atoms with Crippen LogP contribution in [0.3, 0.4) is 0 Å². The van der Waals surface area contributed by atoms with Gasteiger partial charge in [0.2, 0.25) is 0 Å². The number of hydrogen-bond acceptors (Lipinski definition) is 3. The Morgan fingerprint density at radius 1 is 1.10 bits per heavy atom. The molecular formula is C15H18N3O3+. The first-order chi connectivity index (χ1) is 10.1. The highest BCUT2D eigenvalue weighted by Crippen LogP contribution is 1.98. The summed E-state index contributed by atoms with van der Waals surface area (Å²) in [5, 5.41) is 0. The molecule has 0 spiro atoms. The molecule has 6 heteroatoms. The van der Waals surface area contributed by atoms with Crippen LogP contribution in [0.1, 0.15) is 16.1 Å². The normalized spacial score (nSPS) is 11.7. The number of rotatable bonds is 5. The zero-order valence-electron chi connectivity index (χ0n) is 11.8. The maximum absolute atomic E-state index is 11.7. The summed E-state index contributed by atoms with van der Waals surface area (Å²) in [4.78, 5) is 24.3. The van der Waals surface area contributed by atoms with Crippen LogP contribution in [0.15, 0.2) is 53.1 Å². The van der Waals surface area contributed by atoms with Gasteiger partial charge in [0, 0.05) is 5.56 Å². The second-order valence-electron chi connectivity index (χ2n) is 4.78. The number of hydrogen-bond donors (Lipinski definition) is 3. The van der Waals surface area contributed by atoms with E-state index < -0.39 is 5.91 Å². The molecule has 0 fully saturated rings. The van der Waals surface area contributed by atoms with Crippen LogP contribution < -0.4 is 15.8 Å². The van der Waals surface area contributed by atoms with Gasteiger partial charge in [-0.3, -0.25) is 20.4 Å². The van der Waals surface area contributed by atoms with E-state index in [0.717, 1.165) is 17.0 Å². The fourth-order valence-corrected chi connectivity index (χ4v) is 1.92. The summed E-state index contributed by atoms with van der Waals surface area (Å²) >= 11 is 0. The second-order valence-corrected chi connectivity index (χ2v) is 4.78. The van der Waals surface area contributed by atoms with Gasteiger partial charge in [0.1, 0.15) is 6.54 Å². The van der Waals surface area contributed by atoms with E-state index in [2.05, 4.69) is 10.9 Å². The summed E-state index contributed by atoms with van der Waals surface area (Å²) in [7, 11) is 1.92. The van der Waals surface area contributed by atoms with E-state index in [-0.39, 0.29) is 18.2 Å². The molecular weight excluding hydrogens is 270 g/mol. The van der Waals surface area contributed by atoms with E-state index in [1.54, 1.807) is 6.07 Å². The number of carbonyl (C=O) groups is 2. The minimum Gasteiger partial charge on any atom is -0.459 e. The van der Waals surface area contributed by atoms with Gasteiger partial charge in [0.05, 0.1) is 13.3 Å². The monoisotopic (exact) mass is 288 g/mol. The lowest BCUT2D eigenvalue weighted by Crippen LogP contribution is -3.09. The van der Waals surface area contributed by atoms with Crippen LogP contribution in [-0.4, -0.2) is 25.4 Å². The summed E-state index contributed by atoms with van der Waals surface area (Å²) in [6.07, 6.45) is 1.40. The summed E-state index contributed by atoms with van der Waals surface area (Å²) < 4.78 is 4.92. The molecule has 0 saturated carbocycles. The highest BCUT2D eigenvalue weighted by molar-refractivity contribution is 5.92. The molecule has 21 heavy (non-hydrogen) atoms. The topological polar surface area (TPSA) is 75.8 Å². The van der Waals surface area contributed by atoms with Crippen LogP contribution in [0.5, 0.6) is 0 Å². The van der Waals surface area contributed by atoms with Crippen LogP contribution in [0, 0.1) is 0 Å². The second kappa shape index (κ2) is 7.25. The van der Waals surface area contributed by atoms with Gasteiger partial charge < -0.3 is 9.32 Å². The summed E-state index contributed by atoms with van der Waals surface area (Å²) in [6.45, 7) is 0.994. The van der Waals surface area contributed by atoms with Crippen molar-refractivity contribution in [2.24, 2.45) is 0 Å². The highest BCUT2D eigenvalue weighted by Gasteiger charge is 2.13. The lowest BCUT2D eigenvalue weighted by Gasteiger charge is -2.13. The number of amides is 2. The van der Waals surface area contributed by atoms with Crippen molar-refractivity contribution >= 4 is 11.8 Å². The van der Waals surface area contributed by atoms with Gasteiger partial charge >= 0.3 is 5.91 Å². The van der Waals surface area contributed by atoms with Crippen molar-refractivity contribution in [3.63, 3.8) is 0 Å². The summed E-state index contributed by atoms with van der Waals surface area (Å²) in [5.41, 5.74) is 5.83. The molecule has 1 aromatic heterocycles. The standard InChI is InChI=1S/C15H17N3O3/c1-18(10-12-6-3-2-4-7-12)11-14(19)16-17-15(20)13-8-5-9-21-13/h2-9H,10-11H2,1H3,(H,16,19)(H,17,20)/p+1. The van der Waals surface area contributed by atoms with Gasteiger partial charge in [0.15, 0.2) is 12.3 Å². The van der Waals surface area contributed by atoms with Gasteiger partial charge in [-0.2, -0.15) is 0 Å². The zero-order valence-corrected chi connectivity index (χ0v) is 11.8. The third kappa shape index (κ3) is 4.77. The largest absolute Gasteiger partial charge is 0.459 e. The molecule has 1 unspecified atom stereocenters. The predicted molar refractivity (Wildman–Crippen MR) is 76.2 cm³/mol. The zero-order chi connectivity index (χ0) is 15.1. The molecule has 1 heterocycles. The maximum Gasteiger partial charge on any atom is 0.305 e. The Balaban J connectivity index is 1.73. The van der Waals surface area contributed by atoms with E-state index in [9.17, 15) is 9.59 Å². The number of likely N-dealkylation sites (N-methyl/N-ethyl adjacent to an activating group) is 1. The van der Waals surface area contributed by atoms with Gasteiger partial charge in [-0.05, 0) is 12.1 Å². The smallest absolute Gasteiger partial charge is 0.305 e. The molecule has 0 saturated heterocycles. The molecule has 2 rings (SSSR count). The number of furan rings is 1. The molecule has 0 aliphatic rings. The van der Waals surface area contributed by atoms with Gasteiger partial charge in [-0.1, -0.05) is 30.3 Å². The minimum atomic E-state index is -0.478. The lowest BCUT2D eigenvalue weighted by atomic mass is 10.2. The van der Waals surface area contributed by atoms with Crippen molar-refractivity contribution in [1.29, 1.82) is 0 Å². The average Bonchev–Trinajstić information content (AvgIpc) is 3.00. The summed E-state index contributed by atoms with van der Waals surface area (Å²) in [5.74, 6) is -0.585. The first-order valence-corrected chi connectivity index (χ1v) is 6.63. The Morgan fingerprint density at radius 3 is 2.52 bits per heavy atom. The van der Waals surface area contributed by atoms with Crippen molar-refractivity contribution < 1.29 is 18.9 Å². The molecule has 6 nitrogen and oxygen atoms in total. The fourth-order valence-electron chi connectivity index (χ4n) is 1.92. The molecule has 0 radical (unpaired) electrons. The van der Waals surface area contributed by atoms with E-state index in [1.165, 1.54) is 12.3 Å². The maximum atomic E-state index is 11.7. The first kappa shape index (κ1) is 14.8. The average molecular weight is 288 g/mol. The van der Waals surface area contributed by atoms with E-state index in [0.29, 0.717) is 0 Å². The first-order valence-electron chi connectivity index (χ1n) is 6.63. The molecule has 3 N–H and O–H groups in total. The number of nitrogens with one attached hydrogen (secondary N) is 3. The van der Waals surface area contributed by atoms with Crippen molar-refractivity contribution in [2.45, 2.75) is 6.54 Å². The van der Waals surface area contributed by atoms with Crippen molar-refractivity contribution in [3.05, 3.63) is 60.1 Å². The lowest BCUT2D eigenvalue weighted by molar-refractivity contribution is -0.885.